The number of nitriles is 1. The van der Waals surface area contributed by atoms with Crippen molar-refractivity contribution in [2.45, 2.75) is 13.8 Å². The van der Waals surface area contributed by atoms with Gasteiger partial charge < -0.3 is 5.73 Å². The highest BCUT2D eigenvalue weighted by molar-refractivity contribution is 5.80. The lowest BCUT2D eigenvalue weighted by atomic mass is 9.96. The summed E-state index contributed by atoms with van der Waals surface area (Å²) in [5.74, 6) is -1.87. The largest absolute Gasteiger partial charge is 0.383 e. The van der Waals surface area contributed by atoms with Gasteiger partial charge in [-0.05, 0) is 49.2 Å². The Morgan fingerprint density at radius 3 is 2.40 bits per heavy atom. The third kappa shape index (κ3) is 3.07. The molecule has 25 heavy (non-hydrogen) atoms. The molecule has 5 heteroatoms. The molecule has 2 N–H and O–H groups in total. The van der Waals surface area contributed by atoms with Gasteiger partial charge in [0, 0.05) is 11.1 Å². The van der Waals surface area contributed by atoms with Gasteiger partial charge in [0.1, 0.15) is 17.5 Å². The zero-order valence-corrected chi connectivity index (χ0v) is 13.8. The van der Waals surface area contributed by atoms with Crippen LogP contribution in [0.4, 0.5) is 14.6 Å². The summed E-state index contributed by atoms with van der Waals surface area (Å²) in [5.41, 5.74) is 10.4. The number of aromatic nitrogens is 1. The first kappa shape index (κ1) is 16.6. The summed E-state index contributed by atoms with van der Waals surface area (Å²) in [6, 6.07) is 13.1. The molecule has 0 amide bonds. The predicted octanol–water partition coefficient (Wildman–Crippen LogP) is 4.76. The van der Waals surface area contributed by atoms with Crippen molar-refractivity contribution in [3.8, 4) is 28.5 Å². The molecule has 0 fully saturated rings. The third-order valence-corrected chi connectivity index (χ3v) is 4.06. The van der Waals surface area contributed by atoms with Crippen LogP contribution in [0.25, 0.3) is 22.4 Å². The monoisotopic (exact) mass is 335 g/mol. The van der Waals surface area contributed by atoms with Gasteiger partial charge in [-0.2, -0.15) is 5.26 Å². The van der Waals surface area contributed by atoms with Gasteiger partial charge in [0.2, 0.25) is 0 Å². The van der Waals surface area contributed by atoms with E-state index < -0.39 is 11.6 Å². The second-order valence-corrected chi connectivity index (χ2v) is 5.87. The number of hydrogen-bond donors (Lipinski definition) is 1. The van der Waals surface area contributed by atoms with Crippen LogP contribution in [0.3, 0.4) is 0 Å². The lowest BCUT2D eigenvalue weighted by Gasteiger charge is -2.12. The summed E-state index contributed by atoms with van der Waals surface area (Å²) in [7, 11) is 0. The van der Waals surface area contributed by atoms with Crippen molar-refractivity contribution in [3.05, 3.63) is 70.8 Å². The Morgan fingerprint density at radius 1 is 0.960 bits per heavy atom. The van der Waals surface area contributed by atoms with Crippen LogP contribution in [-0.2, 0) is 0 Å². The van der Waals surface area contributed by atoms with E-state index in [0.29, 0.717) is 16.8 Å². The summed E-state index contributed by atoms with van der Waals surface area (Å²) >= 11 is 0. The molecule has 0 atom stereocenters. The maximum absolute atomic E-state index is 13.6. The molecule has 0 aliphatic carbocycles. The highest BCUT2D eigenvalue weighted by atomic mass is 19.2. The van der Waals surface area contributed by atoms with Crippen molar-refractivity contribution in [3.63, 3.8) is 0 Å². The molecular formula is C20H15F2N3. The van der Waals surface area contributed by atoms with Crippen LogP contribution >= 0.6 is 0 Å². The van der Waals surface area contributed by atoms with E-state index in [4.69, 9.17) is 5.73 Å². The van der Waals surface area contributed by atoms with Gasteiger partial charge in [0.25, 0.3) is 0 Å². The molecule has 3 aromatic rings. The van der Waals surface area contributed by atoms with Crippen molar-refractivity contribution in [2.24, 2.45) is 0 Å². The fourth-order valence-corrected chi connectivity index (χ4v) is 2.72. The zero-order valence-electron chi connectivity index (χ0n) is 13.8. The Balaban J connectivity index is 2.28. The first-order valence-electron chi connectivity index (χ1n) is 7.64. The topological polar surface area (TPSA) is 62.7 Å². The van der Waals surface area contributed by atoms with Crippen LogP contribution in [0.2, 0.25) is 0 Å². The number of nitrogen functional groups attached to an aromatic ring is 1. The molecule has 0 saturated heterocycles. The van der Waals surface area contributed by atoms with Crippen molar-refractivity contribution in [1.29, 1.82) is 5.26 Å². The van der Waals surface area contributed by atoms with Crippen molar-refractivity contribution >= 4 is 5.82 Å². The quantitative estimate of drug-likeness (QED) is 0.734. The Bertz CT molecular complexity index is 1020. The zero-order chi connectivity index (χ0) is 18.1. The normalized spacial score (nSPS) is 10.5. The standard InChI is InChI=1S/C20H15F2N3/c1-11-3-4-12(2)14(7-11)19-9-15(16(10-23)20(24)25-19)13-5-6-17(21)18(22)8-13/h3-9H,1-2H3,(H2,24,25). The van der Waals surface area contributed by atoms with E-state index in [9.17, 15) is 14.0 Å². The third-order valence-electron chi connectivity index (χ3n) is 4.06. The number of pyridine rings is 1. The molecule has 0 unspecified atom stereocenters. The van der Waals surface area contributed by atoms with E-state index in [1.165, 1.54) is 6.07 Å². The first-order chi connectivity index (χ1) is 11.9. The van der Waals surface area contributed by atoms with Gasteiger partial charge in [-0.15, -0.1) is 0 Å². The van der Waals surface area contributed by atoms with Crippen molar-refractivity contribution in [1.82, 2.24) is 4.98 Å². The predicted molar refractivity (Wildman–Crippen MR) is 93.6 cm³/mol. The molecular weight excluding hydrogens is 320 g/mol. The second-order valence-electron chi connectivity index (χ2n) is 5.87. The van der Waals surface area contributed by atoms with E-state index in [-0.39, 0.29) is 11.4 Å². The van der Waals surface area contributed by atoms with Crippen molar-refractivity contribution in [2.75, 3.05) is 5.73 Å². The average molecular weight is 335 g/mol. The fraction of sp³-hybridized carbons (Fsp3) is 0.100. The van der Waals surface area contributed by atoms with Gasteiger partial charge in [-0.3, -0.25) is 0 Å². The Hall–Kier alpha value is -3.26. The van der Waals surface area contributed by atoms with Crippen LogP contribution in [0.1, 0.15) is 16.7 Å². The summed E-state index contributed by atoms with van der Waals surface area (Å²) in [4.78, 5) is 4.33. The maximum atomic E-state index is 13.6. The van der Waals surface area contributed by atoms with E-state index in [1.54, 1.807) is 6.07 Å². The number of nitrogens with two attached hydrogens (primary N) is 1. The number of benzene rings is 2. The molecule has 0 bridgehead atoms. The molecule has 0 radical (unpaired) electrons. The van der Waals surface area contributed by atoms with Gasteiger partial charge >= 0.3 is 0 Å². The van der Waals surface area contributed by atoms with E-state index in [2.05, 4.69) is 4.98 Å². The first-order valence-corrected chi connectivity index (χ1v) is 7.64. The number of aryl methyl sites for hydroxylation is 2. The summed E-state index contributed by atoms with van der Waals surface area (Å²) in [6.07, 6.45) is 0. The van der Waals surface area contributed by atoms with Gasteiger partial charge in [0.15, 0.2) is 11.6 Å². The minimum atomic E-state index is -0.981. The fourth-order valence-electron chi connectivity index (χ4n) is 2.72. The maximum Gasteiger partial charge on any atom is 0.159 e. The summed E-state index contributed by atoms with van der Waals surface area (Å²) < 4.78 is 26.9. The summed E-state index contributed by atoms with van der Waals surface area (Å²) in [5, 5.41) is 9.41. The minimum absolute atomic E-state index is 0.0561. The van der Waals surface area contributed by atoms with Crippen LogP contribution in [0.5, 0.6) is 0 Å². The lowest BCUT2D eigenvalue weighted by Crippen LogP contribution is -2.01. The molecule has 2 aromatic carbocycles. The molecule has 0 aliphatic heterocycles. The Labute approximate surface area is 144 Å². The Morgan fingerprint density at radius 2 is 1.72 bits per heavy atom. The number of anilines is 1. The molecule has 0 saturated carbocycles. The molecule has 3 nitrogen and oxygen atoms in total. The molecule has 0 aliphatic rings. The van der Waals surface area contributed by atoms with Crippen LogP contribution in [-0.4, -0.2) is 4.98 Å². The molecule has 0 spiro atoms. The van der Waals surface area contributed by atoms with Crippen LogP contribution in [0.15, 0.2) is 42.5 Å². The SMILES string of the molecule is Cc1ccc(C)c(-c2cc(-c3ccc(F)c(F)c3)c(C#N)c(N)n2)c1. The smallest absolute Gasteiger partial charge is 0.159 e. The molecule has 3 rings (SSSR count). The number of halogens is 2. The van der Waals surface area contributed by atoms with Gasteiger partial charge in [-0.25, -0.2) is 13.8 Å². The molecule has 124 valence electrons. The van der Waals surface area contributed by atoms with E-state index in [0.717, 1.165) is 28.8 Å². The number of rotatable bonds is 2. The van der Waals surface area contributed by atoms with Gasteiger partial charge in [0.05, 0.1) is 5.69 Å². The van der Waals surface area contributed by atoms with Crippen LogP contribution < -0.4 is 5.73 Å². The van der Waals surface area contributed by atoms with E-state index in [1.807, 2.05) is 38.1 Å². The minimum Gasteiger partial charge on any atom is -0.383 e. The van der Waals surface area contributed by atoms with Crippen molar-refractivity contribution < 1.29 is 8.78 Å². The van der Waals surface area contributed by atoms with Gasteiger partial charge in [-0.1, -0.05) is 23.8 Å². The highest BCUT2D eigenvalue weighted by Crippen LogP contribution is 2.33. The average Bonchev–Trinajstić information content (AvgIpc) is 2.58. The molecule has 1 heterocycles. The summed E-state index contributed by atoms with van der Waals surface area (Å²) in [6.45, 7) is 3.91. The number of nitrogens with zero attached hydrogens (tertiary/aromatic N) is 2. The van der Waals surface area contributed by atoms with E-state index >= 15 is 0 Å². The van der Waals surface area contributed by atoms with Crippen LogP contribution in [0, 0.1) is 36.8 Å². The Kier molecular flexibility index (Phi) is 4.20. The second kappa shape index (κ2) is 6.33. The highest BCUT2D eigenvalue weighted by Gasteiger charge is 2.16. The lowest BCUT2D eigenvalue weighted by molar-refractivity contribution is 0.509. The number of hydrogen-bond acceptors (Lipinski definition) is 3. The molecule has 1 aromatic heterocycles.